The van der Waals surface area contributed by atoms with Gasteiger partial charge in [-0.3, -0.25) is 9.69 Å². The van der Waals surface area contributed by atoms with Gasteiger partial charge < -0.3 is 4.90 Å². The van der Waals surface area contributed by atoms with E-state index in [0.29, 0.717) is 11.9 Å². The first kappa shape index (κ1) is 15.4. The van der Waals surface area contributed by atoms with Crippen molar-refractivity contribution >= 4 is 5.91 Å². The van der Waals surface area contributed by atoms with Crippen molar-refractivity contribution in [3.8, 4) is 5.69 Å². The summed E-state index contributed by atoms with van der Waals surface area (Å²) in [5, 5.41) is 4.30. The maximum absolute atomic E-state index is 11.9. The average molecular weight is 324 g/mol. The molecule has 24 heavy (non-hydrogen) atoms. The van der Waals surface area contributed by atoms with Gasteiger partial charge in [0.05, 0.1) is 5.69 Å². The quantitative estimate of drug-likeness (QED) is 0.867. The normalized spacial score (nSPS) is 20.0. The first-order valence-corrected chi connectivity index (χ1v) is 8.90. The van der Waals surface area contributed by atoms with E-state index in [2.05, 4.69) is 39.2 Å². The molecule has 5 heteroatoms. The van der Waals surface area contributed by atoms with Crippen LogP contribution in [0.3, 0.4) is 0 Å². The van der Waals surface area contributed by atoms with Crippen LogP contribution in [0, 0.1) is 0 Å². The van der Waals surface area contributed by atoms with Crippen LogP contribution in [0.15, 0.2) is 42.7 Å². The lowest BCUT2D eigenvalue weighted by Gasteiger charge is -2.36. The Morgan fingerprint density at radius 1 is 1.12 bits per heavy atom. The van der Waals surface area contributed by atoms with E-state index in [1.165, 1.54) is 5.56 Å². The molecule has 2 aromatic rings. The molecule has 3 heterocycles. The van der Waals surface area contributed by atoms with Crippen molar-refractivity contribution in [3.05, 3.63) is 48.3 Å². The van der Waals surface area contributed by atoms with Gasteiger partial charge >= 0.3 is 0 Å². The summed E-state index contributed by atoms with van der Waals surface area (Å²) in [6.45, 7) is 4.08. The molecule has 0 N–H and O–H groups in total. The van der Waals surface area contributed by atoms with Crippen molar-refractivity contribution < 1.29 is 4.79 Å². The maximum Gasteiger partial charge on any atom is 0.222 e. The van der Waals surface area contributed by atoms with Gasteiger partial charge in [-0.15, -0.1) is 0 Å². The van der Waals surface area contributed by atoms with Gasteiger partial charge in [0.2, 0.25) is 5.91 Å². The second-order valence-electron chi connectivity index (χ2n) is 6.82. The third-order valence-electron chi connectivity index (χ3n) is 5.19. The summed E-state index contributed by atoms with van der Waals surface area (Å²) in [6.07, 6.45) is 7.77. The Balaban J connectivity index is 1.35. The smallest absolute Gasteiger partial charge is 0.222 e. The Morgan fingerprint density at radius 3 is 2.71 bits per heavy atom. The van der Waals surface area contributed by atoms with Gasteiger partial charge in [0.1, 0.15) is 0 Å². The van der Waals surface area contributed by atoms with E-state index in [4.69, 9.17) is 0 Å². The number of hydrogen-bond donors (Lipinski definition) is 0. The van der Waals surface area contributed by atoms with Crippen LogP contribution in [0.1, 0.15) is 31.2 Å². The zero-order chi connectivity index (χ0) is 16.4. The number of carbonyl (C=O) groups is 1. The predicted octanol–water partition coefficient (Wildman–Crippen LogP) is 2.46. The number of aromatic nitrogens is 2. The van der Waals surface area contributed by atoms with Crippen molar-refractivity contribution in [3.63, 3.8) is 0 Å². The molecule has 1 amide bonds. The summed E-state index contributed by atoms with van der Waals surface area (Å²) < 4.78 is 1.90. The summed E-state index contributed by atoms with van der Waals surface area (Å²) in [5.41, 5.74) is 2.42. The van der Waals surface area contributed by atoms with E-state index in [9.17, 15) is 4.79 Å². The van der Waals surface area contributed by atoms with Crippen LogP contribution in [-0.4, -0.2) is 51.2 Å². The van der Waals surface area contributed by atoms with Crippen LogP contribution in [0.4, 0.5) is 0 Å². The molecule has 5 nitrogen and oxygen atoms in total. The zero-order valence-corrected chi connectivity index (χ0v) is 14.0. The van der Waals surface area contributed by atoms with Gasteiger partial charge in [-0.1, -0.05) is 12.1 Å². The number of rotatable bonds is 4. The van der Waals surface area contributed by atoms with Crippen LogP contribution in [0.5, 0.6) is 0 Å². The van der Waals surface area contributed by atoms with Crippen molar-refractivity contribution in [2.75, 3.05) is 19.6 Å². The van der Waals surface area contributed by atoms with Crippen LogP contribution in [-0.2, 0) is 11.3 Å². The molecule has 0 unspecified atom stereocenters. The SMILES string of the molecule is O=C1CCCN1C1CCN(Cc2cccc(-n3cccn3)c2)CC1. The molecular formula is C19H24N4O. The number of amides is 1. The standard InChI is InChI=1S/C19H24N4O/c24-19-6-2-10-22(19)17-7-12-21(13-8-17)15-16-4-1-5-18(14-16)23-11-3-9-20-23/h1,3-5,9,11,14,17H,2,6-8,10,12-13,15H2. The molecule has 1 aromatic heterocycles. The second kappa shape index (κ2) is 6.77. The number of nitrogens with zero attached hydrogens (tertiary/aromatic N) is 4. The summed E-state index contributed by atoms with van der Waals surface area (Å²) >= 11 is 0. The van der Waals surface area contributed by atoms with Crippen molar-refractivity contribution in [2.24, 2.45) is 0 Å². The number of carbonyl (C=O) groups excluding carboxylic acids is 1. The molecule has 2 aliphatic rings. The highest BCUT2D eigenvalue weighted by molar-refractivity contribution is 5.78. The van der Waals surface area contributed by atoms with Gasteiger partial charge in [0.25, 0.3) is 0 Å². The van der Waals surface area contributed by atoms with Gasteiger partial charge in [-0.25, -0.2) is 4.68 Å². The van der Waals surface area contributed by atoms with Crippen molar-refractivity contribution in [2.45, 2.75) is 38.3 Å². The number of hydrogen-bond acceptors (Lipinski definition) is 3. The van der Waals surface area contributed by atoms with Gasteiger partial charge in [0, 0.05) is 51.0 Å². The Bertz CT molecular complexity index is 689. The Kier molecular flexibility index (Phi) is 4.34. The Labute approximate surface area is 142 Å². The Hall–Kier alpha value is -2.14. The molecule has 126 valence electrons. The van der Waals surface area contributed by atoms with Gasteiger partial charge in [-0.2, -0.15) is 5.10 Å². The van der Waals surface area contributed by atoms with E-state index < -0.39 is 0 Å². The van der Waals surface area contributed by atoms with Crippen LogP contribution in [0.25, 0.3) is 5.69 Å². The minimum atomic E-state index is 0.361. The number of likely N-dealkylation sites (tertiary alicyclic amines) is 2. The highest BCUT2D eigenvalue weighted by Crippen LogP contribution is 2.23. The van der Waals surface area contributed by atoms with E-state index in [1.807, 2.05) is 16.9 Å². The molecule has 0 aliphatic carbocycles. The molecular weight excluding hydrogens is 300 g/mol. The lowest BCUT2D eigenvalue weighted by molar-refractivity contribution is -0.130. The topological polar surface area (TPSA) is 41.4 Å². The summed E-state index contributed by atoms with van der Waals surface area (Å²) in [4.78, 5) is 16.5. The zero-order valence-electron chi connectivity index (χ0n) is 14.0. The molecule has 1 aromatic carbocycles. The summed E-state index contributed by atoms with van der Waals surface area (Å²) in [6, 6.07) is 11.0. The first-order valence-electron chi connectivity index (χ1n) is 8.90. The van der Waals surface area contributed by atoms with Gasteiger partial charge in [-0.05, 0) is 43.0 Å². The van der Waals surface area contributed by atoms with Crippen molar-refractivity contribution in [1.29, 1.82) is 0 Å². The van der Waals surface area contributed by atoms with Crippen LogP contribution in [0.2, 0.25) is 0 Å². The molecule has 0 saturated carbocycles. The fourth-order valence-electron chi connectivity index (χ4n) is 3.92. The average Bonchev–Trinajstić information content (AvgIpc) is 3.28. The monoisotopic (exact) mass is 324 g/mol. The fraction of sp³-hybridized carbons (Fsp3) is 0.474. The molecule has 2 saturated heterocycles. The van der Waals surface area contributed by atoms with E-state index in [-0.39, 0.29) is 0 Å². The summed E-state index contributed by atoms with van der Waals surface area (Å²) in [5.74, 6) is 0.361. The molecule has 0 spiro atoms. The van der Waals surface area contributed by atoms with Gasteiger partial charge in [0.15, 0.2) is 0 Å². The largest absolute Gasteiger partial charge is 0.340 e. The molecule has 0 atom stereocenters. The molecule has 2 aliphatic heterocycles. The lowest BCUT2D eigenvalue weighted by atomic mass is 10.0. The molecule has 0 bridgehead atoms. The predicted molar refractivity (Wildman–Crippen MR) is 92.8 cm³/mol. The minimum Gasteiger partial charge on any atom is -0.340 e. The maximum atomic E-state index is 11.9. The third-order valence-corrected chi connectivity index (χ3v) is 5.19. The number of benzene rings is 1. The first-order chi connectivity index (χ1) is 11.8. The lowest BCUT2D eigenvalue weighted by Crippen LogP contribution is -2.45. The molecule has 0 radical (unpaired) electrons. The third kappa shape index (κ3) is 3.22. The van der Waals surface area contributed by atoms with Crippen LogP contribution >= 0.6 is 0 Å². The second-order valence-corrected chi connectivity index (χ2v) is 6.82. The fourth-order valence-corrected chi connectivity index (χ4v) is 3.92. The van der Waals surface area contributed by atoms with E-state index in [1.54, 1.807) is 6.20 Å². The minimum absolute atomic E-state index is 0.361. The highest BCUT2D eigenvalue weighted by Gasteiger charge is 2.30. The Morgan fingerprint density at radius 2 is 2.00 bits per heavy atom. The van der Waals surface area contributed by atoms with Crippen LogP contribution < -0.4 is 0 Å². The molecule has 4 rings (SSSR count). The molecule has 2 fully saturated rings. The highest BCUT2D eigenvalue weighted by atomic mass is 16.2. The van der Waals surface area contributed by atoms with E-state index in [0.717, 1.165) is 57.5 Å². The van der Waals surface area contributed by atoms with Crippen molar-refractivity contribution in [1.82, 2.24) is 19.6 Å². The van der Waals surface area contributed by atoms with E-state index >= 15 is 0 Å². The summed E-state index contributed by atoms with van der Waals surface area (Å²) in [7, 11) is 0. The number of piperidine rings is 1.